The van der Waals surface area contributed by atoms with E-state index < -0.39 is 11.6 Å². The SMILES string of the molecule is CC(C)(CC(=O)O)Oc1cccc(Cl)c1. The van der Waals surface area contributed by atoms with Gasteiger partial charge in [0.1, 0.15) is 11.4 Å². The molecule has 0 amide bonds. The molecule has 3 nitrogen and oxygen atoms in total. The molecule has 0 aliphatic carbocycles. The predicted octanol–water partition coefficient (Wildman–Crippen LogP) is 2.97. The van der Waals surface area contributed by atoms with Gasteiger partial charge >= 0.3 is 5.97 Å². The number of carbonyl (C=O) groups is 1. The van der Waals surface area contributed by atoms with Gasteiger partial charge in [-0.15, -0.1) is 0 Å². The van der Waals surface area contributed by atoms with Crippen molar-refractivity contribution in [2.75, 3.05) is 0 Å². The first-order chi connectivity index (χ1) is 6.89. The first-order valence-corrected chi connectivity index (χ1v) is 4.93. The molecule has 0 saturated heterocycles. The lowest BCUT2D eigenvalue weighted by atomic mass is 10.1. The molecular formula is C11H13ClO3. The van der Waals surface area contributed by atoms with Crippen LogP contribution in [0.5, 0.6) is 5.75 Å². The number of hydrogen-bond acceptors (Lipinski definition) is 2. The molecule has 0 radical (unpaired) electrons. The lowest BCUT2D eigenvalue weighted by Crippen LogP contribution is -2.31. The van der Waals surface area contributed by atoms with E-state index in [0.29, 0.717) is 10.8 Å². The Morgan fingerprint density at radius 1 is 1.53 bits per heavy atom. The van der Waals surface area contributed by atoms with Gasteiger partial charge in [-0.05, 0) is 32.0 Å². The first kappa shape index (κ1) is 11.9. The van der Waals surface area contributed by atoms with Crippen LogP contribution in [0.2, 0.25) is 5.02 Å². The van der Waals surface area contributed by atoms with E-state index in [9.17, 15) is 4.79 Å². The van der Waals surface area contributed by atoms with Crippen molar-refractivity contribution in [1.29, 1.82) is 0 Å². The van der Waals surface area contributed by atoms with E-state index in [-0.39, 0.29) is 6.42 Å². The average Bonchev–Trinajstić information content (AvgIpc) is 1.99. The minimum atomic E-state index is -0.887. The monoisotopic (exact) mass is 228 g/mol. The molecule has 15 heavy (non-hydrogen) atoms. The fraction of sp³-hybridized carbons (Fsp3) is 0.364. The summed E-state index contributed by atoms with van der Waals surface area (Å²) >= 11 is 5.78. The highest BCUT2D eigenvalue weighted by atomic mass is 35.5. The second kappa shape index (κ2) is 4.53. The molecule has 0 saturated carbocycles. The van der Waals surface area contributed by atoms with Crippen LogP contribution in [0.3, 0.4) is 0 Å². The summed E-state index contributed by atoms with van der Waals surface area (Å²) < 4.78 is 5.53. The zero-order valence-corrected chi connectivity index (χ0v) is 9.41. The van der Waals surface area contributed by atoms with E-state index >= 15 is 0 Å². The predicted molar refractivity (Wildman–Crippen MR) is 58.4 cm³/mol. The highest BCUT2D eigenvalue weighted by Gasteiger charge is 2.23. The number of halogens is 1. The Labute approximate surface area is 93.6 Å². The van der Waals surface area contributed by atoms with Gasteiger partial charge in [-0.2, -0.15) is 0 Å². The van der Waals surface area contributed by atoms with E-state index in [4.69, 9.17) is 21.4 Å². The summed E-state index contributed by atoms with van der Waals surface area (Å²) in [6, 6.07) is 6.90. The molecule has 0 aliphatic rings. The lowest BCUT2D eigenvalue weighted by molar-refractivity contribution is -0.140. The fourth-order valence-electron chi connectivity index (χ4n) is 1.25. The number of rotatable bonds is 4. The molecule has 0 spiro atoms. The first-order valence-electron chi connectivity index (χ1n) is 4.55. The molecule has 82 valence electrons. The molecule has 1 aromatic carbocycles. The summed E-state index contributed by atoms with van der Waals surface area (Å²) in [5.41, 5.74) is -0.740. The number of aliphatic carboxylic acids is 1. The van der Waals surface area contributed by atoms with Crippen LogP contribution in [0.1, 0.15) is 20.3 Å². The van der Waals surface area contributed by atoms with Crippen molar-refractivity contribution >= 4 is 17.6 Å². The van der Waals surface area contributed by atoms with Gasteiger partial charge in [0.2, 0.25) is 0 Å². The molecule has 1 N–H and O–H groups in total. The van der Waals surface area contributed by atoms with Crippen molar-refractivity contribution in [3.05, 3.63) is 29.3 Å². The van der Waals surface area contributed by atoms with Crippen LogP contribution in [-0.2, 0) is 4.79 Å². The second-order valence-corrected chi connectivity index (χ2v) is 4.33. The van der Waals surface area contributed by atoms with Crippen LogP contribution in [0.15, 0.2) is 24.3 Å². The Balaban J connectivity index is 2.72. The van der Waals surface area contributed by atoms with Crippen LogP contribution in [0.25, 0.3) is 0 Å². The zero-order valence-electron chi connectivity index (χ0n) is 8.66. The smallest absolute Gasteiger partial charge is 0.307 e. The maximum atomic E-state index is 10.6. The summed E-state index contributed by atoms with van der Waals surface area (Å²) in [4.78, 5) is 10.6. The largest absolute Gasteiger partial charge is 0.487 e. The third-order valence-corrected chi connectivity index (χ3v) is 2.00. The second-order valence-electron chi connectivity index (χ2n) is 3.89. The van der Waals surface area contributed by atoms with Crippen LogP contribution in [0.4, 0.5) is 0 Å². The van der Waals surface area contributed by atoms with Crippen molar-refractivity contribution in [2.45, 2.75) is 25.9 Å². The van der Waals surface area contributed by atoms with Crippen molar-refractivity contribution in [2.24, 2.45) is 0 Å². The number of ether oxygens (including phenoxy) is 1. The van der Waals surface area contributed by atoms with Gasteiger partial charge in [0.05, 0.1) is 6.42 Å². The lowest BCUT2D eigenvalue weighted by Gasteiger charge is -2.24. The van der Waals surface area contributed by atoms with Crippen molar-refractivity contribution in [3.63, 3.8) is 0 Å². The molecule has 1 rings (SSSR count). The van der Waals surface area contributed by atoms with Crippen LogP contribution >= 0.6 is 11.6 Å². The highest BCUT2D eigenvalue weighted by molar-refractivity contribution is 6.30. The Hall–Kier alpha value is -1.22. The number of hydrogen-bond donors (Lipinski definition) is 1. The molecule has 0 bridgehead atoms. The van der Waals surface area contributed by atoms with Gasteiger partial charge in [-0.1, -0.05) is 17.7 Å². The van der Waals surface area contributed by atoms with E-state index in [2.05, 4.69) is 0 Å². The minimum Gasteiger partial charge on any atom is -0.487 e. The Bertz CT molecular complexity index is 361. The summed E-state index contributed by atoms with van der Waals surface area (Å²) in [5, 5.41) is 9.24. The maximum absolute atomic E-state index is 10.6. The molecule has 0 aliphatic heterocycles. The summed E-state index contributed by atoms with van der Waals surface area (Å²) in [6.45, 7) is 3.45. The van der Waals surface area contributed by atoms with Crippen molar-refractivity contribution in [3.8, 4) is 5.75 Å². The summed E-state index contributed by atoms with van der Waals surface area (Å²) in [5.74, 6) is -0.309. The van der Waals surface area contributed by atoms with Crippen LogP contribution in [0, 0.1) is 0 Å². The topological polar surface area (TPSA) is 46.5 Å². The van der Waals surface area contributed by atoms with Gasteiger partial charge in [0.15, 0.2) is 0 Å². The summed E-state index contributed by atoms with van der Waals surface area (Å²) in [6.07, 6.45) is -0.0560. The fourth-order valence-corrected chi connectivity index (χ4v) is 1.43. The number of benzene rings is 1. The Kier molecular flexibility index (Phi) is 3.58. The Morgan fingerprint density at radius 2 is 2.20 bits per heavy atom. The van der Waals surface area contributed by atoms with Gasteiger partial charge in [-0.3, -0.25) is 4.79 Å². The van der Waals surface area contributed by atoms with Gasteiger partial charge in [0, 0.05) is 5.02 Å². The minimum absolute atomic E-state index is 0.0560. The molecule has 0 atom stereocenters. The number of carboxylic acids is 1. The van der Waals surface area contributed by atoms with Crippen molar-refractivity contribution < 1.29 is 14.6 Å². The Morgan fingerprint density at radius 3 is 2.73 bits per heavy atom. The molecule has 0 fully saturated rings. The zero-order chi connectivity index (χ0) is 11.5. The van der Waals surface area contributed by atoms with Crippen molar-refractivity contribution in [1.82, 2.24) is 0 Å². The van der Waals surface area contributed by atoms with E-state index in [0.717, 1.165) is 0 Å². The molecule has 4 heteroatoms. The number of carboxylic acid groups (broad SMARTS) is 1. The third-order valence-electron chi connectivity index (χ3n) is 1.77. The molecule has 0 heterocycles. The van der Waals surface area contributed by atoms with E-state index in [1.54, 1.807) is 38.1 Å². The average molecular weight is 229 g/mol. The molecule has 0 aromatic heterocycles. The van der Waals surface area contributed by atoms with E-state index in [1.807, 2.05) is 0 Å². The van der Waals surface area contributed by atoms with Crippen LogP contribution in [-0.4, -0.2) is 16.7 Å². The van der Waals surface area contributed by atoms with Gasteiger partial charge in [-0.25, -0.2) is 0 Å². The third kappa shape index (κ3) is 4.21. The quantitative estimate of drug-likeness (QED) is 0.862. The van der Waals surface area contributed by atoms with E-state index in [1.165, 1.54) is 0 Å². The van der Waals surface area contributed by atoms with Gasteiger partial charge in [0.25, 0.3) is 0 Å². The molecule has 1 aromatic rings. The molecular weight excluding hydrogens is 216 g/mol. The maximum Gasteiger partial charge on any atom is 0.307 e. The normalized spacial score (nSPS) is 11.1. The van der Waals surface area contributed by atoms with Crippen LogP contribution < -0.4 is 4.74 Å². The molecule has 0 unspecified atom stereocenters. The van der Waals surface area contributed by atoms with Gasteiger partial charge < -0.3 is 9.84 Å². The standard InChI is InChI=1S/C11H13ClO3/c1-11(2,7-10(13)14)15-9-5-3-4-8(12)6-9/h3-6H,7H2,1-2H3,(H,13,14). The summed E-state index contributed by atoms with van der Waals surface area (Å²) in [7, 11) is 0. The highest BCUT2D eigenvalue weighted by Crippen LogP contribution is 2.23.